The monoisotopic (exact) mass is 452 g/mol. The second kappa shape index (κ2) is 9.59. The lowest BCUT2D eigenvalue weighted by Crippen LogP contribution is -2.44. The molecule has 0 atom stereocenters. The van der Waals surface area contributed by atoms with Gasteiger partial charge in [0.05, 0.1) is 24.4 Å². The summed E-state index contributed by atoms with van der Waals surface area (Å²) < 4.78 is 16.8. The fourth-order valence-electron chi connectivity index (χ4n) is 3.87. The number of anilines is 1. The topological polar surface area (TPSA) is 69.7 Å². The maximum atomic E-state index is 13.4. The van der Waals surface area contributed by atoms with Gasteiger partial charge in [-0.15, -0.1) is 0 Å². The van der Waals surface area contributed by atoms with E-state index >= 15 is 0 Å². The van der Waals surface area contributed by atoms with Crippen molar-refractivity contribution in [1.29, 1.82) is 0 Å². The van der Waals surface area contributed by atoms with E-state index < -0.39 is 5.41 Å². The number of methoxy groups -OCH3 is 1. The van der Waals surface area contributed by atoms with Crippen molar-refractivity contribution in [3.63, 3.8) is 0 Å². The molecule has 32 heavy (non-hydrogen) atoms. The molecule has 3 aromatic rings. The zero-order valence-corrected chi connectivity index (χ0v) is 18.8. The van der Waals surface area contributed by atoms with Crippen molar-refractivity contribution < 1.29 is 19.0 Å². The van der Waals surface area contributed by atoms with Gasteiger partial charge in [-0.25, -0.2) is 4.98 Å². The second-order valence-corrected chi connectivity index (χ2v) is 8.23. The number of hydrogen-bond acceptors (Lipinski definition) is 5. The average molecular weight is 453 g/mol. The lowest BCUT2D eigenvalue weighted by atomic mass is 9.73. The highest BCUT2D eigenvalue weighted by Crippen LogP contribution is 2.37. The third-order valence-electron chi connectivity index (χ3n) is 5.71. The number of amides is 1. The Morgan fingerprint density at radius 3 is 2.47 bits per heavy atom. The molecular weight excluding hydrogens is 428 g/mol. The van der Waals surface area contributed by atoms with Crippen LogP contribution < -0.4 is 14.8 Å². The number of aryl methyl sites for hydroxylation is 1. The zero-order valence-electron chi connectivity index (χ0n) is 18.1. The molecule has 1 aromatic heterocycles. The van der Waals surface area contributed by atoms with Crippen molar-refractivity contribution in [2.24, 2.45) is 0 Å². The maximum Gasteiger partial charge on any atom is 0.235 e. The van der Waals surface area contributed by atoms with Gasteiger partial charge in [-0.3, -0.25) is 4.79 Å². The first-order valence-electron chi connectivity index (χ1n) is 10.4. The molecule has 1 aliphatic rings. The molecule has 0 aliphatic carbocycles. The van der Waals surface area contributed by atoms with Crippen LogP contribution in [0.1, 0.15) is 24.0 Å². The molecule has 7 heteroatoms. The highest BCUT2D eigenvalue weighted by Gasteiger charge is 2.41. The van der Waals surface area contributed by atoms with E-state index in [1.165, 1.54) is 0 Å². The fourth-order valence-corrected chi connectivity index (χ4v) is 4.00. The van der Waals surface area contributed by atoms with E-state index in [9.17, 15) is 4.79 Å². The first kappa shape index (κ1) is 22.1. The summed E-state index contributed by atoms with van der Waals surface area (Å²) >= 11 is 6.05. The summed E-state index contributed by atoms with van der Waals surface area (Å²) in [6, 6.07) is 16.6. The Morgan fingerprint density at radius 2 is 1.81 bits per heavy atom. The molecule has 0 saturated carbocycles. The Kier molecular flexibility index (Phi) is 6.63. The predicted octanol–water partition coefficient (Wildman–Crippen LogP) is 5.53. The number of nitrogens with one attached hydrogen (secondary N) is 1. The molecule has 4 rings (SSSR count). The standard InChI is InChI=1S/C25H25ClN2O4/c1-17-3-9-21(22(15-17)30-2)32-23-10-8-20(16-27-23)28-24(29)25(11-13-31-14-12-25)18-4-6-19(26)7-5-18/h3-10,15-16H,11-14H2,1-2H3,(H,28,29). The summed E-state index contributed by atoms with van der Waals surface area (Å²) in [5, 5.41) is 3.66. The number of halogens is 1. The minimum absolute atomic E-state index is 0.0844. The van der Waals surface area contributed by atoms with E-state index in [1.807, 2.05) is 49.4 Å². The van der Waals surface area contributed by atoms with Crippen LogP contribution in [-0.2, 0) is 14.9 Å². The number of hydrogen-bond donors (Lipinski definition) is 1. The first-order valence-corrected chi connectivity index (χ1v) is 10.8. The largest absolute Gasteiger partial charge is 0.493 e. The van der Waals surface area contributed by atoms with E-state index in [0.717, 1.165) is 11.1 Å². The molecule has 166 valence electrons. The SMILES string of the molecule is COc1cc(C)ccc1Oc1ccc(NC(=O)C2(c3ccc(Cl)cc3)CCOCC2)cn1. The van der Waals surface area contributed by atoms with Crippen LogP contribution in [0, 0.1) is 6.92 Å². The van der Waals surface area contributed by atoms with Gasteiger partial charge in [0.15, 0.2) is 11.5 Å². The fraction of sp³-hybridized carbons (Fsp3) is 0.280. The molecule has 2 aromatic carbocycles. The first-order chi connectivity index (χ1) is 15.5. The number of benzene rings is 2. The summed E-state index contributed by atoms with van der Waals surface area (Å²) in [7, 11) is 1.60. The molecule has 1 amide bonds. The Morgan fingerprint density at radius 1 is 1.06 bits per heavy atom. The van der Waals surface area contributed by atoms with Crippen LogP contribution in [0.5, 0.6) is 17.4 Å². The van der Waals surface area contributed by atoms with E-state index in [2.05, 4.69) is 10.3 Å². The van der Waals surface area contributed by atoms with Crippen LogP contribution in [0.4, 0.5) is 5.69 Å². The quantitative estimate of drug-likeness (QED) is 0.532. The molecule has 1 N–H and O–H groups in total. The maximum absolute atomic E-state index is 13.4. The second-order valence-electron chi connectivity index (χ2n) is 7.80. The predicted molar refractivity (Wildman–Crippen MR) is 124 cm³/mol. The van der Waals surface area contributed by atoms with Crippen molar-refractivity contribution in [2.45, 2.75) is 25.2 Å². The number of pyridine rings is 1. The average Bonchev–Trinajstić information content (AvgIpc) is 2.82. The lowest BCUT2D eigenvalue weighted by Gasteiger charge is -2.36. The van der Waals surface area contributed by atoms with Crippen LogP contribution in [-0.4, -0.2) is 31.2 Å². The van der Waals surface area contributed by atoms with Gasteiger partial charge in [-0.2, -0.15) is 0 Å². The van der Waals surface area contributed by atoms with Gasteiger partial charge in [0, 0.05) is 24.3 Å². The van der Waals surface area contributed by atoms with Crippen LogP contribution in [0.2, 0.25) is 5.02 Å². The Bertz CT molecular complexity index is 1080. The summed E-state index contributed by atoms with van der Waals surface area (Å²) in [6.07, 6.45) is 2.79. The number of aromatic nitrogens is 1. The van der Waals surface area contributed by atoms with Gasteiger partial charge in [0.2, 0.25) is 11.8 Å². The van der Waals surface area contributed by atoms with E-state index in [-0.39, 0.29) is 5.91 Å². The van der Waals surface area contributed by atoms with Gasteiger partial charge in [0.1, 0.15) is 0 Å². The summed E-state index contributed by atoms with van der Waals surface area (Å²) in [6.45, 7) is 3.04. The lowest BCUT2D eigenvalue weighted by molar-refractivity contribution is -0.125. The molecule has 0 unspecified atom stereocenters. The Balaban J connectivity index is 1.51. The van der Waals surface area contributed by atoms with Crippen molar-refractivity contribution in [3.8, 4) is 17.4 Å². The highest BCUT2D eigenvalue weighted by atomic mass is 35.5. The zero-order chi connectivity index (χ0) is 22.6. The van der Waals surface area contributed by atoms with Gasteiger partial charge in [-0.05, 0) is 61.2 Å². The molecule has 0 bridgehead atoms. The Labute approximate surface area is 192 Å². The van der Waals surface area contributed by atoms with Gasteiger partial charge >= 0.3 is 0 Å². The normalized spacial score (nSPS) is 15.1. The molecule has 1 aliphatic heterocycles. The number of carbonyl (C=O) groups excluding carboxylic acids is 1. The van der Waals surface area contributed by atoms with Crippen molar-refractivity contribution in [3.05, 3.63) is 76.9 Å². The van der Waals surface area contributed by atoms with Crippen LogP contribution in [0.25, 0.3) is 0 Å². The molecule has 0 radical (unpaired) electrons. The number of ether oxygens (including phenoxy) is 3. The van der Waals surface area contributed by atoms with Crippen LogP contribution in [0.3, 0.4) is 0 Å². The molecule has 1 saturated heterocycles. The van der Waals surface area contributed by atoms with Crippen LogP contribution in [0.15, 0.2) is 60.8 Å². The van der Waals surface area contributed by atoms with Gasteiger partial charge in [0.25, 0.3) is 0 Å². The van der Waals surface area contributed by atoms with Gasteiger partial charge in [-0.1, -0.05) is 29.8 Å². The third kappa shape index (κ3) is 4.71. The summed E-state index contributed by atoms with van der Waals surface area (Å²) in [5.41, 5.74) is 1.93. The molecular formula is C25H25ClN2O4. The molecule has 2 heterocycles. The smallest absolute Gasteiger partial charge is 0.235 e. The van der Waals surface area contributed by atoms with E-state index in [0.29, 0.717) is 54.1 Å². The summed E-state index contributed by atoms with van der Waals surface area (Å²) in [5.74, 6) is 1.53. The van der Waals surface area contributed by atoms with E-state index in [4.69, 9.17) is 25.8 Å². The van der Waals surface area contributed by atoms with Crippen molar-refractivity contribution >= 4 is 23.2 Å². The highest BCUT2D eigenvalue weighted by molar-refractivity contribution is 6.30. The number of rotatable bonds is 6. The van der Waals surface area contributed by atoms with Crippen LogP contribution >= 0.6 is 11.6 Å². The van der Waals surface area contributed by atoms with Crippen molar-refractivity contribution in [1.82, 2.24) is 4.98 Å². The minimum Gasteiger partial charge on any atom is -0.493 e. The molecule has 6 nitrogen and oxygen atoms in total. The summed E-state index contributed by atoms with van der Waals surface area (Å²) in [4.78, 5) is 17.7. The number of carbonyl (C=O) groups is 1. The molecule has 0 spiro atoms. The van der Waals surface area contributed by atoms with Crippen molar-refractivity contribution in [2.75, 3.05) is 25.6 Å². The third-order valence-corrected chi connectivity index (χ3v) is 5.96. The minimum atomic E-state index is -0.673. The van der Waals surface area contributed by atoms with Gasteiger partial charge < -0.3 is 19.5 Å². The molecule has 1 fully saturated rings. The van der Waals surface area contributed by atoms with E-state index in [1.54, 1.807) is 25.4 Å². The number of nitrogens with zero attached hydrogens (tertiary/aromatic N) is 1. The Hall–Kier alpha value is -3.09.